The minimum atomic E-state index is 0.528. The van der Waals surface area contributed by atoms with Crippen molar-refractivity contribution in [2.75, 3.05) is 38.5 Å². The van der Waals surface area contributed by atoms with Crippen molar-refractivity contribution in [1.82, 2.24) is 9.80 Å². The predicted octanol–water partition coefficient (Wildman–Crippen LogP) is 3.28. The van der Waals surface area contributed by atoms with Gasteiger partial charge in [-0.2, -0.15) is 12.6 Å². The summed E-state index contributed by atoms with van der Waals surface area (Å²) in [5.74, 6) is 1.08. The Kier molecular flexibility index (Phi) is 6.04. The Morgan fingerprint density at radius 2 is 1.68 bits per heavy atom. The molecule has 1 aliphatic heterocycles. The molecule has 0 aromatic heterocycles. The molecular weight excluding hydrogens is 252 g/mol. The summed E-state index contributed by atoms with van der Waals surface area (Å²) in [6.07, 6.45) is 8.38. The molecule has 0 spiro atoms. The van der Waals surface area contributed by atoms with E-state index >= 15 is 0 Å². The maximum Gasteiger partial charge on any atom is 0.0113 e. The van der Waals surface area contributed by atoms with Gasteiger partial charge >= 0.3 is 0 Å². The van der Waals surface area contributed by atoms with E-state index in [1.165, 1.54) is 71.2 Å². The molecule has 0 radical (unpaired) electrons. The zero-order valence-corrected chi connectivity index (χ0v) is 13.8. The molecule has 0 aromatic rings. The van der Waals surface area contributed by atoms with Gasteiger partial charge in [-0.25, -0.2) is 0 Å². The maximum absolute atomic E-state index is 4.68. The van der Waals surface area contributed by atoms with Gasteiger partial charge in [0.25, 0.3) is 0 Å². The van der Waals surface area contributed by atoms with Crippen LogP contribution in [0.1, 0.15) is 52.4 Å². The fourth-order valence-corrected chi connectivity index (χ4v) is 4.18. The molecule has 112 valence electrons. The second kappa shape index (κ2) is 7.33. The quantitative estimate of drug-likeness (QED) is 0.774. The lowest BCUT2D eigenvalue weighted by Crippen LogP contribution is -2.52. The average molecular weight is 285 g/mol. The van der Waals surface area contributed by atoms with Crippen LogP contribution in [-0.2, 0) is 0 Å². The van der Waals surface area contributed by atoms with Crippen molar-refractivity contribution in [3.63, 3.8) is 0 Å². The van der Waals surface area contributed by atoms with Crippen LogP contribution in [0.25, 0.3) is 0 Å². The molecule has 19 heavy (non-hydrogen) atoms. The zero-order chi connectivity index (χ0) is 13.7. The topological polar surface area (TPSA) is 6.48 Å². The number of hydrogen-bond acceptors (Lipinski definition) is 3. The number of nitrogens with zero attached hydrogens (tertiary/aromatic N) is 2. The molecule has 1 atom stereocenters. The molecule has 1 aliphatic carbocycles. The van der Waals surface area contributed by atoms with Gasteiger partial charge in [-0.3, -0.25) is 4.90 Å². The van der Waals surface area contributed by atoms with E-state index in [0.29, 0.717) is 5.41 Å². The van der Waals surface area contributed by atoms with E-state index in [1.54, 1.807) is 0 Å². The third-order valence-electron chi connectivity index (χ3n) is 5.43. The first-order chi connectivity index (χ1) is 9.19. The summed E-state index contributed by atoms with van der Waals surface area (Å²) < 4.78 is 0. The Bertz CT molecular complexity index is 255. The summed E-state index contributed by atoms with van der Waals surface area (Å²) >= 11 is 4.68. The van der Waals surface area contributed by atoms with Crippen molar-refractivity contribution in [2.24, 2.45) is 5.41 Å². The van der Waals surface area contributed by atoms with Gasteiger partial charge in [0.15, 0.2) is 0 Å². The predicted molar refractivity (Wildman–Crippen MR) is 87.1 cm³/mol. The van der Waals surface area contributed by atoms with Crippen LogP contribution in [0.5, 0.6) is 0 Å². The molecule has 3 heteroatoms. The number of rotatable bonds is 5. The Morgan fingerprint density at radius 3 is 2.21 bits per heavy atom. The molecule has 0 amide bonds. The van der Waals surface area contributed by atoms with Crippen LogP contribution >= 0.6 is 12.6 Å². The zero-order valence-electron chi connectivity index (χ0n) is 12.9. The average Bonchev–Trinajstić information content (AvgIpc) is 2.48. The third-order valence-corrected chi connectivity index (χ3v) is 6.10. The lowest BCUT2D eigenvalue weighted by atomic mass is 9.75. The first-order valence-electron chi connectivity index (χ1n) is 8.26. The van der Waals surface area contributed by atoms with Crippen molar-refractivity contribution in [3.05, 3.63) is 0 Å². The molecule has 2 nitrogen and oxygen atoms in total. The minimum absolute atomic E-state index is 0.528. The van der Waals surface area contributed by atoms with Crippen molar-refractivity contribution in [2.45, 2.75) is 58.4 Å². The van der Waals surface area contributed by atoms with Crippen LogP contribution in [0.4, 0.5) is 0 Å². The van der Waals surface area contributed by atoms with E-state index in [9.17, 15) is 0 Å². The largest absolute Gasteiger partial charge is 0.300 e. The van der Waals surface area contributed by atoms with Crippen LogP contribution in [-0.4, -0.2) is 54.3 Å². The second-order valence-electron chi connectivity index (χ2n) is 6.79. The second-order valence-corrected chi connectivity index (χ2v) is 7.10. The van der Waals surface area contributed by atoms with E-state index in [2.05, 4.69) is 36.3 Å². The lowest BCUT2D eigenvalue weighted by molar-refractivity contribution is 0.0591. The van der Waals surface area contributed by atoms with Crippen molar-refractivity contribution in [3.8, 4) is 0 Å². The molecule has 0 bridgehead atoms. The number of hydrogen-bond donors (Lipinski definition) is 1. The fourth-order valence-electron chi connectivity index (χ4n) is 3.76. The highest BCUT2D eigenvalue weighted by Gasteiger charge is 2.33. The van der Waals surface area contributed by atoms with Crippen LogP contribution in [0.15, 0.2) is 0 Å². The molecule has 1 saturated heterocycles. The Balaban J connectivity index is 1.81. The van der Waals surface area contributed by atoms with Gasteiger partial charge in [0.1, 0.15) is 0 Å². The van der Waals surface area contributed by atoms with Crippen molar-refractivity contribution < 1.29 is 0 Å². The molecule has 0 aromatic carbocycles. The summed E-state index contributed by atoms with van der Waals surface area (Å²) in [6, 6.07) is 0.760. The van der Waals surface area contributed by atoms with Crippen LogP contribution < -0.4 is 0 Å². The Hall–Kier alpha value is 0.270. The van der Waals surface area contributed by atoms with Gasteiger partial charge in [0.05, 0.1) is 0 Å². The van der Waals surface area contributed by atoms with E-state index in [1.807, 2.05) is 0 Å². The van der Waals surface area contributed by atoms with E-state index in [-0.39, 0.29) is 0 Å². The first kappa shape index (κ1) is 15.7. The first-order valence-corrected chi connectivity index (χ1v) is 8.89. The molecule has 2 fully saturated rings. The Morgan fingerprint density at radius 1 is 1.05 bits per heavy atom. The summed E-state index contributed by atoms with van der Waals surface area (Å²) in [4.78, 5) is 5.37. The van der Waals surface area contributed by atoms with Gasteiger partial charge < -0.3 is 4.90 Å². The van der Waals surface area contributed by atoms with Gasteiger partial charge in [-0.15, -0.1) is 0 Å². The third kappa shape index (κ3) is 4.12. The summed E-state index contributed by atoms with van der Waals surface area (Å²) in [5.41, 5.74) is 0.528. The fraction of sp³-hybridized carbons (Fsp3) is 1.00. The molecule has 1 saturated carbocycles. The Labute approximate surface area is 125 Å². The van der Waals surface area contributed by atoms with Crippen LogP contribution in [0.3, 0.4) is 0 Å². The van der Waals surface area contributed by atoms with Gasteiger partial charge in [-0.05, 0) is 37.4 Å². The summed E-state index contributed by atoms with van der Waals surface area (Å²) in [6.45, 7) is 11.0. The molecule has 1 heterocycles. The summed E-state index contributed by atoms with van der Waals surface area (Å²) in [5, 5.41) is 0. The van der Waals surface area contributed by atoms with Gasteiger partial charge in [0.2, 0.25) is 0 Å². The number of piperazine rings is 1. The van der Waals surface area contributed by atoms with Crippen molar-refractivity contribution in [1.29, 1.82) is 0 Å². The van der Waals surface area contributed by atoms with E-state index < -0.39 is 0 Å². The number of thiol groups is 1. The standard InChI is InChI=1S/C16H32N2S/c1-3-15(2)18-11-9-17(10-12-18)13-16(14-19)7-5-4-6-8-16/h15,19H,3-14H2,1-2H3. The molecule has 0 N–H and O–H groups in total. The van der Waals surface area contributed by atoms with Gasteiger partial charge in [-0.1, -0.05) is 26.2 Å². The SMILES string of the molecule is CCC(C)N1CCN(CC2(CS)CCCCC2)CC1. The maximum atomic E-state index is 4.68. The molecular formula is C16H32N2S. The molecule has 1 unspecified atom stereocenters. The van der Waals surface area contributed by atoms with E-state index in [0.717, 1.165) is 11.8 Å². The minimum Gasteiger partial charge on any atom is -0.300 e. The normalized spacial score (nSPS) is 27.3. The van der Waals surface area contributed by atoms with Crippen LogP contribution in [0, 0.1) is 5.41 Å². The highest BCUT2D eigenvalue weighted by atomic mass is 32.1. The van der Waals surface area contributed by atoms with E-state index in [4.69, 9.17) is 0 Å². The smallest absolute Gasteiger partial charge is 0.0113 e. The molecule has 2 aliphatic rings. The van der Waals surface area contributed by atoms with Gasteiger partial charge in [0, 0.05) is 38.8 Å². The lowest BCUT2D eigenvalue weighted by Gasteiger charge is -2.44. The highest BCUT2D eigenvalue weighted by molar-refractivity contribution is 7.80. The van der Waals surface area contributed by atoms with Crippen LogP contribution in [0.2, 0.25) is 0 Å². The monoisotopic (exact) mass is 284 g/mol. The summed E-state index contributed by atoms with van der Waals surface area (Å²) in [7, 11) is 0. The van der Waals surface area contributed by atoms with Crippen molar-refractivity contribution >= 4 is 12.6 Å². The molecule has 2 rings (SSSR count). The highest BCUT2D eigenvalue weighted by Crippen LogP contribution is 2.38.